The van der Waals surface area contributed by atoms with E-state index in [1.165, 1.54) is 12.1 Å². The third-order valence-electron chi connectivity index (χ3n) is 3.13. The van der Waals surface area contributed by atoms with Crippen molar-refractivity contribution in [3.8, 4) is 0 Å². The number of hydrogen-bond acceptors (Lipinski definition) is 2. The van der Waals surface area contributed by atoms with Crippen LogP contribution in [0.25, 0.3) is 0 Å². The Morgan fingerprint density at radius 3 is 2.47 bits per heavy atom. The topological polar surface area (TPSA) is 46.3 Å². The number of hydrogen-bond donors (Lipinski definition) is 1. The summed E-state index contributed by atoms with van der Waals surface area (Å²) in [6, 6.07) is 4.41. The van der Waals surface area contributed by atoms with Crippen LogP contribution in [0.5, 0.6) is 0 Å². The average Bonchev–Trinajstić information content (AvgIpc) is 2.34. The molecule has 0 bridgehead atoms. The van der Waals surface area contributed by atoms with Crippen molar-refractivity contribution in [2.75, 3.05) is 19.6 Å². The first kappa shape index (κ1) is 15.6. The Balaban J connectivity index is 2.95. The number of carbonyl (C=O) groups excluding carboxylic acids is 1. The summed E-state index contributed by atoms with van der Waals surface area (Å²) in [5, 5.41) is 0. The lowest BCUT2D eigenvalue weighted by molar-refractivity contribution is 0.0700. The molecule has 0 unspecified atom stereocenters. The molecule has 0 aliphatic rings. The normalized spacial score (nSPS) is 11.5. The predicted octanol–water partition coefficient (Wildman–Crippen LogP) is 2.58. The zero-order chi connectivity index (χ0) is 14.6. The lowest BCUT2D eigenvalue weighted by atomic mass is 9.92. The summed E-state index contributed by atoms with van der Waals surface area (Å²) in [5.74, 6) is -0.524. The van der Waals surface area contributed by atoms with Gasteiger partial charge in [-0.3, -0.25) is 4.79 Å². The van der Waals surface area contributed by atoms with Crippen molar-refractivity contribution in [1.82, 2.24) is 4.90 Å². The summed E-state index contributed by atoms with van der Waals surface area (Å²) in [5.41, 5.74) is 6.70. The SMILES string of the molecule is CCN(CC(C)(C)CN)C(=O)c1cc(C)cc(F)c1. The summed E-state index contributed by atoms with van der Waals surface area (Å²) in [7, 11) is 0. The molecule has 1 aromatic carbocycles. The first-order chi connectivity index (χ1) is 8.79. The van der Waals surface area contributed by atoms with Gasteiger partial charge in [-0.15, -0.1) is 0 Å². The molecular weight excluding hydrogens is 243 g/mol. The second-order valence-corrected chi connectivity index (χ2v) is 5.70. The van der Waals surface area contributed by atoms with Gasteiger partial charge in [0, 0.05) is 18.7 Å². The summed E-state index contributed by atoms with van der Waals surface area (Å²) < 4.78 is 13.4. The minimum absolute atomic E-state index is 0.145. The van der Waals surface area contributed by atoms with Gasteiger partial charge in [0.1, 0.15) is 5.82 Å². The highest BCUT2D eigenvalue weighted by molar-refractivity contribution is 5.94. The van der Waals surface area contributed by atoms with E-state index < -0.39 is 0 Å². The third kappa shape index (κ3) is 4.31. The number of carbonyl (C=O) groups is 1. The van der Waals surface area contributed by atoms with Crippen LogP contribution < -0.4 is 5.73 Å². The Kier molecular flexibility index (Phi) is 5.06. The summed E-state index contributed by atoms with van der Waals surface area (Å²) >= 11 is 0. The molecule has 4 heteroatoms. The Hall–Kier alpha value is -1.42. The number of halogens is 1. The second-order valence-electron chi connectivity index (χ2n) is 5.70. The van der Waals surface area contributed by atoms with Gasteiger partial charge in [0.15, 0.2) is 0 Å². The molecule has 0 fully saturated rings. The molecule has 0 atom stereocenters. The number of aryl methyl sites for hydroxylation is 1. The van der Waals surface area contributed by atoms with Crippen molar-refractivity contribution in [3.63, 3.8) is 0 Å². The largest absolute Gasteiger partial charge is 0.338 e. The van der Waals surface area contributed by atoms with E-state index in [1.807, 2.05) is 20.8 Å². The maximum absolute atomic E-state index is 13.4. The first-order valence-corrected chi connectivity index (χ1v) is 6.55. The van der Waals surface area contributed by atoms with E-state index in [4.69, 9.17) is 5.73 Å². The maximum atomic E-state index is 13.4. The van der Waals surface area contributed by atoms with E-state index in [-0.39, 0.29) is 17.1 Å². The van der Waals surface area contributed by atoms with Crippen LogP contribution in [-0.4, -0.2) is 30.4 Å². The highest BCUT2D eigenvalue weighted by Crippen LogP contribution is 2.18. The molecule has 106 valence electrons. The maximum Gasteiger partial charge on any atom is 0.253 e. The van der Waals surface area contributed by atoms with Gasteiger partial charge < -0.3 is 10.6 Å². The minimum atomic E-state index is -0.377. The Morgan fingerprint density at radius 1 is 1.37 bits per heavy atom. The molecule has 0 aliphatic heterocycles. The number of benzene rings is 1. The molecule has 0 radical (unpaired) electrons. The van der Waals surface area contributed by atoms with Gasteiger partial charge in [-0.05, 0) is 49.6 Å². The van der Waals surface area contributed by atoms with Gasteiger partial charge >= 0.3 is 0 Å². The quantitative estimate of drug-likeness (QED) is 0.890. The molecule has 19 heavy (non-hydrogen) atoms. The van der Waals surface area contributed by atoms with E-state index in [2.05, 4.69) is 0 Å². The van der Waals surface area contributed by atoms with Gasteiger partial charge in [-0.2, -0.15) is 0 Å². The van der Waals surface area contributed by atoms with E-state index in [1.54, 1.807) is 17.9 Å². The highest BCUT2D eigenvalue weighted by atomic mass is 19.1. The van der Waals surface area contributed by atoms with Crippen molar-refractivity contribution < 1.29 is 9.18 Å². The molecule has 0 spiro atoms. The zero-order valence-electron chi connectivity index (χ0n) is 12.2. The van der Waals surface area contributed by atoms with Gasteiger partial charge in [0.05, 0.1) is 0 Å². The Morgan fingerprint density at radius 2 is 2.00 bits per heavy atom. The van der Waals surface area contributed by atoms with Crippen LogP contribution in [0.2, 0.25) is 0 Å². The Labute approximate surface area is 114 Å². The summed E-state index contributed by atoms with van der Waals surface area (Å²) in [6.45, 7) is 9.36. The fourth-order valence-corrected chi connectivity index (χ4v) is 1.95. The molecule has 0 saturated heterocycles. The van der Waals surface area contributed by atoms with E-state index in [0.717, 1.165) is 5.56 Å². The lowest BCUT2D eigenvalue weighted by Crippen LogP contribution is -2.42. The molecule has 0 saturated carbocycles. The monoisotopic (exact) mass is 266 g/mol. The smallest absolute Gasteiger partial charge is 0.253 e. The van der Waals surface area contributed by atoms with Crippen LogP contribution in [0.3, 0.4) is 0 Å². The fraction of sp³-hybridized carbons (Fsp3) is 0.533. The van der Waals surface area contributed by atoms with E-state index in [9.17, 15) is 9.18 Å². The average molecular weight is 266 g/mol. The molecule has 0 aromatic heterocycles. The van der Waals surface area contributed by atoms with Crippen molar-refractivity contribution >= 4 is 5.91 Å². The molecule has 0 heterocycles. The molecular formula is C15H23FN2O. The van der Waals surface area contributed by atoms with Gasteiger partial charge in [-0.25, -0.2) is 4.39 Å². The van der Waals surface area contributed by atoms with Crippen molar-refractivity contribution in [1.29, 1.82) is 0 Å². The van der Waals surface area contributed by atoms with E-state index >= 15 is 0 Å². The minimum Gasteiger partial charge on any atom is -0.338 e. The molecule has 1 rings (SSSR count). The number of nitrogens with two attached hydrogens (primary N) is 1. The molecule has 1 amide bonds. The van der Waals surface area contributed by atoms with Crippen molar-refractivity contribution in [2.45, 2.75) is 27.7 Å². The van der Waals surface area contributed by atoms with Crippen LogP contribution in [-0.2, 0) is 0 Å². The van der Waals surface area contributed by atoms with Crippen LogP contribution in [0.1, 0.15) is 36.7 Å². The van der Waals surface area contributed by atoms with Crippen LogP contribution >= 0.6 is 0 Å². The standard InChI is InChI=1S/C15H23FN2O/c1-5-18(10-15(3,4)9-17)14(19)12-6-11(2)7-13(16)8-12/h6-8H,5,9-10,17H2,1-4H3. The predicted molar refractivity (Wildman–Crippen MR) is 75.5 cm³/mol. The van der Waals surface area contributed by atoms with Crippen molar-refractivity contribution in [2.24, 2.45) is 11.1 Å². The van der Waals surface area contributed by atoms with Crippen LogP contribution in [0.4, 0.5) is 4.39 Å². The van der Waals surface area contributed by atoms with Crippen LogP contribution in [0, 0.1) is 18.2 Å². The number of nitrogens with zero attached hydrogens (tertiary/aromatic N) is 1. The fourth-order valence-electron chi connectivity index (χ4n) is 1.95. The molecule has 1 aromatic rings. The zero-order valence-corrected chi connectivity index (χ0v) is 12.2. The molecule has 2 N–H and O–H groups in total. The van der Waals surface area contributed by atoms with E-state index in [0.29, 0.717) is 25.2 Å². The molecule has 0 aliphatic carbocycles. The summed E-state index contributed by atoms with van der Waals surface area (Å²) in [4.78, 5) is 14.1. The van der Waals surface area contributed by atoms with Gasteiger partial charge in [-0.1, -0.05) is 13.8 Å². The van der Waals surface area contributed by atoms with Crippen LogP contribution in [0.15, 0.2) is 18.2 Å². The third-order valence-corrected chi connectivity index (χ3v) is 3.13. The molecule has 3 nitrogen and oxygen atoms in total. The second kappa shape index (κ2) is 6.15. The van der Waals surface area contributed by atoms with Gasteiger partial charge in [0.25, 0.3) is 5.91 Å². The highest BCUT2D eigenvalue weighted by Gasteiger charge is 2.23. The summed E-state index contributed by atoms with van der Waals surface area (Å²) in [6.07, 6.45) is 0. The van der Waals surface area contributed by atoms with Gasteiger partial charge in [0.2, 0.25) is 0 Å². The number of amides is 1. The number of rotatable bonds is 5. The Bertz CT molecular complexity index is 437. The lowest BCUT2D eigenvalue weighted by Gasteiger charge is -2.31. The van der Waals surface area contributed by atoms with Crippen molar-refractivity contribution in [3.05, 3.63) is 35.1 Å². The first-order valence-electron chi connectivity index (χ1n) is 6.55.